The number of aryl methyl sites for hydroxylation is 1. The number of hydrogen-bond donors (Lipinski definition) is 0. The van der Waals surface area contributed by atoms with E-state index in [1.165, 1.54) is 13.0 Å². The molecule has 0 heterocycles. The van der Waals surface area contributed by atoms with Crippen LogP contribution >= 0.6 is 15.9 Å². The lowest BCUT2D eigenvalue weighted by atomic mass is 9.97. The van der Waals surface area contributed by atoms with Gasteiger partial charge in [-0.15, -0.1) is 0 Å². The van der Waals surface area contributed by atoms with E-state index in [2.05, 4.69) is 15.9 Å². The normalized spacial score (nSPS) is 11.1. The van der Waals surface area contributed by atoms with Gasteiger partial charge in [-0.2, -0.15) is 18.4 Å². The molecule has 6 heteroatoms. The number of nitrogens with zero attached hydrogens (tertiary/aromatic N) is 1. The fourth-order valence-electron chi connectivity index (χ4n) is 1.41. The second kappa shape index (κ2) is 4.88. The minimum Gasteiger partial charge on any atom is -0.293 e. The molecule has 0 saturated heterocycles. The zero-order valence-corrected chi connectivity index (χ0v) is 10.3. The molecule has 1 aromatic carbocycles. The highest BCUT2D eigenvalue weighted by Gasteiger charge is 2.34. The maximum absolute atomic E-state index is 12.6. The van der Waals surface area contributed by atoms with E-state index in [0.717, 1.165) is 12.1 Å². The highest BCUT2D eigenvalue weighted by atomic mass is 79.9. The third-order valence-electron chi connectivity index (χ3n) is 2.21. The van der Waals surface area contributed by atoms with Crippen LogP contribution in [-0.4, -0.2) is 11.1 Å². The lowest BCUT2D eigenvalue weighted by Crippen LogP contribution is -2.11. The first-order valence-electron chi connectivity index (χ1n) is 4.52. The van der Waals surface area contributed by atoms with E-state index in [4.69, 9.17) is 5.26 Å². The molecule has 90 valence electrons. The number of Topliss-reactive ketones (excluding diaryl/α,β-unsaturated/α-hetero) is 1. The second-order valence-electron chi connectivity index (χ2n) is 3.38. The van der Waals surface area contributed by atoms with Crippen LogP contribution in [0.1, 0.15) is 27.0 Å². The van der Waals surface area contributed by atoms with Crippen LogP contribution in [0, 0.1) is 18.3 Å². The van der Waals surface area contributed by atoms with E-state index < -0.39 is 17.3 Å². The van der Waals surface area contributed by atoms with Crippen molar-refractivity contribution in [2.45, 2.75) is 13.1 Å². The van der Waals surface area contributed by atoms with E-state index in [9.17, 15) is 18.0 Å². The first-order valence-corrected chi connectivity index (χ1v) is 5.64. The molecule has 0 atom stereocenters. The van der Waals surface area contributed by atoms with Gasteiger partial charge in [0.15, 0.2) is 5.78 Å². The number of halogens is 4. The monoisotopic (exact) mass is 305 g/mol. The summed E-state index contributed by atoms with van der Waals surface area (Å²) in [5.41, 5.74) is -1.21. The molecule has 0 aromatic heterocycles. The van der Waals surface area contributed by atoms with Crippen LogP contribution in [0.2, 0.25) is 0 Å². The molecule has 0 amide bonds. The summed E-state index contributed by atoms with van der Waals surface area (Å²) >= 11 is 2.94. The molecule has 0 fully saturated rings. The number of alkyl halides is 4. The topological polar surface area (TPSA) is 40.9 Å². The zero-order chi connectivity index (χ0) is 13.2. The van der Waals surface area contributed by atoms with Crippen LogP contribution in [0.5, 0.6) is 0 Å². The molecule has 0 spiro atoms. The van der Waals surface area contributed by atoms with Crippen molar-refractivity contribution >= 4 is 21.7 Å². The minimum atomic E-state index is -4.59. The molecule has 0 aliphatic rings. The molecule has 1 rings (SSSR count). The van der Waals surface area contributed by atoms with Crippen LogP contribution < -0.4 is 0 Å². The average Bonchev–Trinajstić information content (AvgIpc) is 2.26. The standard InChI is InChI=1S/C11H7BrF3NO/c1-6-2-9(11(13,14)15)7(5-16)3-8(6)10(17)4-12/h2-3H,4H2,1H3. The smallest absolute Gasteiger partial charge is 0.293 e. The van der Waals surface area contributed by atoms with Gasteiger partial charge in [-0.05, 0) is 24.6 Å². The summed E-state index contributed by atoms with van der Waals surface area (Å²) in [4.78, 5) is 11.4. The van der Waals surface area contributed by atoms with Crippen molar-refractivity contribution in [3.8, 4) is 6.07 Å². The Hall–Kier alpha value is -1.35. The number of hydrogen-bond acceptors (Lipinski definition) is 2. The maximum Gasteiger partial charge on any atom is 0.417 e. The Morgan fingerprint density at radius 2 is 2.06 bits per heavy atom. The van der Waals surface area contributed by atoms with Crippen molar-refractivity contribution in [3.63, 3.8) is 0 Å². The van der Waals surface area contributed by atoms with Crippen molar-refractivity contribution in [3.05, 3.63) is 34.4 Å². The second-order valence-corrected chi connectivity index (χ2v) is 3.94. The summed E-state index contributed by atoms with van der Waals surface area (Å²) in [6, 6.07) is 3.28. The highest BCUT2D eigenvalue weighted by Crippen LogP contribution is 2.33. The van der Waals surface area contributed by atoms with Gasteiger partial charge in [0.05, 0.1) is 22.5 Å². The molecule has 0 bridgehead atoms. The molecule has 0 saturated carbocycles. The predicted molar refractivity (Wildman–Crippen MR) is 59.0 cm³/mol. The Labute approximate surface area is 104 Å². The fourth-order valence-corrected chi connectivity index (χ4v) is 1.71. The van der Waals surface area contributed by atoms with E-state index in [1.807, 2.05) is 0 Å². The maximum atomic E-state index is 12.6. The van der Waals surface area contributed by atoms with Crippen LogP contribution in [0.4, 0.5) is 13.2 Å². The van der Waals surface area contributed by atoms with Gasteiger partial charge in [-0.1, -0.05) is 15.9 Å². The molecular formula is C11H7BrF3NO. The summed E-state index contributed by atoms with van der Waals surface area (Å²) in [6.07, 6.45) is -4.59. The van der Waals surface area contributed by atoms with Gasteiger partial charge in [-0.25, -0.2) is 0 Å². The van der Waals surface area contributed by atoms with Crippen LogP contribution in [0.25, 0.3) is 0 Å². The summed E-state index contributed by atoms with van der Waals surface area (Å²) in [5.74, 6) is -0.354. The van der Waals surface area contributed by atoms with Crippen LogP contribution in [-0.2, 0) is 6.18 Å². The predicted octanol–water partition coefficient (Wildman–Crippen LogP) is 3.46. The van der Waals surface area contributed by atoms with E-state index in [-0.39, 0.29) is 22.2 Å². The SMILES string of the molecule is Cc1cc(C(F)(F)F)c(C#N)cc1C(=O)CBr. The number of carbonyl (C=O) groups excluding carboxylic acids is 1. The molecule has 2 nitrogen and oxygen atoms in total. The van der Waals surface area contributed by atoms with E-state index in [1.54, 1.807) is 0 Å². The lowest BCUT2D eigenvalue weighted by molar-refractivity contribution is -0.137. The Kier molecular flexibility index (Phi) is 3.94. The quantitative estimate of drug-likeness (QED) is 0.620. The van der Waals surface area contributed by atoms with Crippen molar-refractivity contribution in [1.82, 2.24) is 0 Å². The van der Waals surface area contributed by atoms with Gasteiger partial charge >= 0.3 is 6.18 Å². The number of benzene rings is 1. The third kappa shape index (κ3) is 2.86. The van der Waals surface area contributed by atoms with Crippen molar-refractivity contribution in [1.29, 1.82) is 5.26 Å². The van der Waals surface area contributed by atoms with Gasteiger partial charge in [0, 0.05) is 5.56 Å². The molecular weight excluding hydrogens is 299 g/mol. The Balaban J connectivity index is 3.47. The zero-order valence-electron chi connectivity index (χ0n) is 8.73. The summed E-state index contributed by atoms with van der Waals surface area (Å²) in [5, 5.41) is 8.68. The van der Waals surface area contributed by atoms with Gasteiger partial charge in [0.25, 0.3) is 0 Å². The molecule has 0 aliphatic carbocycles. The van der Waals surface area contributed by atoms with Crippen molar-refractivity contribution in [2.75, 3.05) is 5.33 Å². The van der Waals surface area contributed by atoms with Crippen LogP contribution in [0.3, 0.4) is 0 Å². The molecule has 17 heavy (non-hydrogen) atoms. The average molecular weight is 306 g/mol. The summed E-state index contributed by atoms with van der Waals surface area (Å²) in [7, 11) is 0. The van der Waals surface area contributed by atoms with Gasteiger partial charge < -0.3 is 0 Å². The number of ketones is 1. The third-order valence-corrected chi connectivity index (χ3v) is 2.72. The van der Waals surface area contributed by atoms with Gasteiger partial charge in [0.2, 0.25) is 0 Å². The van der Waals surface area contributed by atoms with Gasteiger partial charge in [0.1, 0.15) is 0 Å². The fraction of sp³-hybridized carbons (Fsp3) is 0.273. The Bertz CT molecular complexity index is 503. The Morgan fingerprint density at radius 1 is 1.47 bits per heavy atom. The number of rotatable bonds is 2. The van der Waals surface area contributed by atoms with Crippen molar-refractivity contribution in [2.24, 2.45) is 0 Å². The molecule has 0 radical (unpaired) electrons. The first-order chi connectivity index (χ1) is 7.81. The first kappa shape index (κ1) is 13.7. The number of carbonyl (C=O) groups is 1. The molecule has 0 aliphatic heterocycles. The Morgan fingerprint density at radius 3 is 2.47 bits per heavy atom. The van der Waals surface area contributed by atoms with Crippen molar-refractivity contribution < 1.29 is 18.0 Å². The van der Waals surface area contributed by atoms with Crippen LogP contribution in [0.15, 0.2) is 12.1 Å². The molecule has 0 unspecified atom stereocenters. The molecule has 0 N–H and O–H groups in total. The lowest BCUT2D eigenvalue weighted by Gasteiger charge is -2.12. The largest absolute Gasteiger partial charge is 0.417 e. The highest BCUT2D eigenvalue weighted by molar-refractivity contribution is 9.09. The summed E-state index contributed by atoms with van der Waals surface area (Å²) < 4.78 is 37.8. The van der Waals surface area contributed by atoms with Gasteiger partial charge in [-0.3, -0.25) is 4.79 Å². The summed E-state index contributed by atoms with van der Waals surface area (Å²) in [6.45, 7) is 1.41. The van der Waals surface area contributed by atoms with E-state index in [0.29, 0.717) is 0 Å². The minimum absolute atomic E-state index is 0.00404. The molecule has 1 aromatic rings. The van der Waals surface area contributed by atoms with E-state index >= 15 is 0 Å². The number of nitriles is 1.